The predicted molar refractivity (Wildman–Crippen MR) is 117 cm³/mol. The van der Waals surface area contributed by atoms with E-state index in [-0.39, 0.29) is 11.4 Å². The molecule has 0 aliphatic carbocycles. The molecule has 0 bridgehead atoms. The van der Waals surface area contributed by atoms with E-state index >= 15 is 0 Å². The van der Waals surface area contributed by atoms with E-state index in [0.717, 1.165) is 27.5 Å². The van der Waals surface area contributed by atoms with E-state index < -0.39 is 13.2 Å². The number of aromatic nitrogens is 3. The number of nitrogens with zero attached hydrogens (tertiary/aromatic N) is 2. The molecule has 5 aromatic rings. The van der Waals surface area contributed by atoms with Crippen LogP contribution in [0.1, 0.15) is 0 Å². The highest BCUT2D eigenvalue weighted by atomic mass is 31.1. The quantitative estimate of drug-likeness (QED) is 0.208. The second-order valence-electron chi connectivity index (χ2n) is 6.76. The monoisotopic (exact) mass is 434 g/mol. The van der Waals surface area contributed by atoms with Gasteiger partial charge < -0.3 is 14.0 Å². The lowest BCUT2D eigenvalue weighted by Crippen LogP contribution is -1.90. The first-order valence-electron chi connectivity index (χ1n) is 9.27. The van der Waals surface area contributed by atoms with Crippen molar-refractivity contribution in [3.8, 4) is 22.9 Å². The van der Waals surface area contributed by atoms with Crippen LogP contribution < -0.4 is 9.05 Å². The Morgan fingerprint density at radius 1 is 0.903 bits per heavy atom. The van der Waals surface area contributed by atoms with Gasteiger partial charge in [-0.3, -0.25) is 15.2 Å². The Balaban J connectivity index is 1.38. The first-order chi connectivity index (χ1) is 15.1. The minimum Gasteiger partial charge on any atom is -0.418 e. The van der Waals surface area contributed by atoms with Gasteiger partial charge in [-0.1, -0.05) is 18.2 Å². The number of nitro benzene ring substituents is 1. The number of hydrogen-bond acceptors (Lipinski definition) is 6. The van der Waals surface area contributed by atoms with Crippen molar-refractivity contribution >= 4 is 35.7 Å². The van der Waals surface area contributed by atoms with Crippen LogP contribution >= 0.6 is 8.25 Å². The summed E-state index contributed by atoms with van der Waals surface area (Å²) >= 11 is 0. The Kier molecular flexibility index (Phi) is 4.65. The number of hydrogen-bond donors (Lipinski definition) is 2. The average molecular weight is 434 g/mol. The Labute approximate surface area is 175 Å². The van der Waals surface area contributed by atoms with Crippen molar-refractivity contribution in [2.75, 3.05) is 0 Å². The summed E-state index contributed by atoms with van der Waals surface area (Å²) in [6, 6.07) is 20.4. The van der Waals surface area contributed by atoms with Gasteiger partial charge in [0, 0.05) is 28.4 Å². The van der Waals surface area contributed by atoms with Crippen molar-refractivity contribution in [3.63, 3.8) is 0 Å². The number of nitrogens with one attached hydrogen (secondary N) is 2. The van der Waals surface area contributed by atoms with E-state index in [2.05, 4.69) is 15.2 Å². The molecule has 3 aromatic carbocycles. The van der Waals surface area contributed by atoms with Crippen LogP contribution in [0, 0.1) is 10.1 Å². The van der Waals surface area contributed by atoms with E-state index in [1.54, 1.807) is 18.2 Å². The van der Waals surface area contributed by atoms with Gasteiger partial charge in [-0.25, -0.2) is 4.57 Å². The number of aromatic amines is 2. The third kappa shape index (κ3) is 3.74. The number of rotatable bonds is 6. The standard InChI is InChI=1S/C21H15N4O5P/c26-25(27)14-5-7-15(8-6-14)29-31(28)30-16-9-10-19-17(12-16)21(24-23-19)20-11-13-3-1-2-4-18(13)22-20/h1-12,22,31H,(H,23,24). The number of fused-ring (bicyclic) bond motifs is 2. The van der Waals surface area contributed by atoms with Crippen LogP contribution in [0.5, 0.6) is 11.5 Å². The lowest BCUT2D eigenvalue weighted by atomic mass is 10.1. The molecule has 2 aromatic heterocycles. The zero-order valence-electron chi connectivity index (χ0n) is 15.9. The van der Waals surface area contributed by atoms with E-state index in [1.165, 1.54) is 24.3 Å². The second-order valence-corrected chi connectivity index (χ2v) is 7.66. The summed E-state index contributed by atoms with van der Waals surface area (Å²) in [5, 5.41) is 20.0. The average Bonchev–Trinajstić information content (AvgIpc) is 3.37. The molecule has 154 valence electrons. The summed E-state index contributed by atoms with van der Waals surface area (Å²) in [7, 11) is -2.93. The van der Waals surface area contributed by atoms with Gasteiger partial charge in [-0.2, -0.15) is 5.10 Å². The lowest BCUT2D eigenvalue weighted by Gasteiger charge is -2.08. The van der Waals surface area contributed by atoms with Crippen molar-refractivity contribution in [2.45, 2.75) is 0 Å². The van der Waals surface area contributed by atoms with Crippen LogP contribution in [0.3, 0.4) is 0 Å². The Morgan fingerprint density at radius 2 is 1.65 bits per heavy atom. The fraction of sp³-hybridized carbons (Fsp3) is 0. The fourth-order valence-electron chi connectivity index (χ4n) is 3.31. The number of H-pyrrole nitrogens is 2. The zero-order chi connectivity index (χ0) is 21.4. The number of nitro groups is 1. The maximum atomic E-state index is 12.3. The molecule has 0 saturated heterocycles. The molecule has 0 aliphatic rings. The van der Waals surface area contributed by atoms with Gasteiger partial charge in [0.15, 0.2) is 0 Å². The minimum absolute atomic E-state index is 0.0807. The van der Waals surface area contributed by atoms with Crippen LogP contribution in [0.2, 0.25) is 0 Å². The second kappa shape index (κ2) is 7.62. The molecule has 5 rings (SSSR count). The first kappa shape index (κ1) is 18.9. The molecule has 0 aliphatic heterocycles. The van der Waals surface area contributed by atoms with Crippen LogP contribution in [-0.4, -0.2) is 20.1 Å². The van der Waals surface area contributed by atoms with Gasteiger partial charge in [0.25, 0.3) is 5.69 Å². The maximum absolute atomic E-state index is 12.3. The third-order valence-electron chi connectivity index (χ3n) is 4.77. The van der Waals surface area contributed by atoms with Gasteiger partial charge in [0.05, 0.1) is 16.1 Å². The Hall–Kier alpha value is -4.10. The first-order valence-corrected chi connectivity index (χ1v) is 10.5. The summed E-state index contributed by atoms with van der Waals surface area (Å²) in [5.41, 5.74) is 3.29. The van der Waals surface area contributed by atoms with Gasteiger partial charge >= 0.3 is 8.25 Å². The summed E-state index contributed by atoms with van der Waals surface area (Å²) in [6.45, 7) is 0. The van der Waals surface area contributed by atoms with Gasteiger partial charge in [0.1, 0.15) is 17.2 Å². The van der Waals surface area contributed by atoms with Crippen LogP contribution in [0.15, 0.2) is 72.8 Å². The van der Waals surface area contributed by atoms with Gasteiger partial charge in [-0.05, 0) is 42.5 Å². The Bertz CT molecular complexity index is 1410. The zero-order valence-corrected chi connectivity index (χ0v) is 16.9. The van der Waals surface area contributed by atoms with Crippen LogP contribution in [-0.2, 0) is 4.57 Å². The van der Waals surface area contributed by atoms with Crippen molar-refractivity contribution < 1.29 is 18.5 Å². The SMILES string of the molecule is O=[N+]([O-])c1ccc(O[PH](=O)Oc2ccc3[nH]nc(-c4cc5ccccc5[nH]4)c3c2)cc1. The number of para-hydroxylation sites is 1. The highest BCUT2D eigenvalue weighted by Gasteiger charge is 2.13. The van der Waals surface area contributed by atoms with Crippen LogP contribution in [0.25, 0.3) is 33.2 Å². The highest BCUT2D eigenvalue weighted by Crippen LogP contribution is 2.35. The molecule has 0 spiro atoms. The lowest BCUT2D eigenvalue weighted by molar-refractivity contribution is -0.384. The molecule has 0 fully saturated rings. The van der Waals surface area contributed by atoms with Crippen molar-refractivity contribution in [1.82, 2.24) is 15.2 Å². The summed E-state index contributed by atoms with van der Waals surface area (Å²) in [4.78, 5) is 13.5. The molecular weight excluding hydrogens is 419 g/mol. The van der Waals surface area contributed by atoms with Gasteiger partial charge in [0.2, 0.25) is 0 Å². The highest BCUT2D eigenvalue weighted by molar-refractivity contribution is 7.34. The van der Waals surface area contributed by atoms with E-state index in [9.17, 15) is 14.7 Å². The number of non-ortho nitro benzene ring substituents is 1. The smallest absolute Gasteiger partial charge is 0.418 e. The van der Waals surface area contributed by atoms with Gasteiger partial charge in [-0.15, -0.1) is 0 Å². The maximum Gasteiger partial charge on any atom is 0.418 e. The van der Waals surface area contributed by atoms with E-state index in [1.807, 2.05) is 30.3 Å². The topological polar surface area (TPSA) is 123 Å². The minimum atomic E-state index is -2.93. The molecule has 9 nitrogen and oxygen atoms in total. The molecule has 10 heteroatoms. The summed E-state index contributed by atoms with van der Waals surface area (Å²) < 4.78 is 23.1. The van der Waals surface area contributed by atoms with Crippen molar-refractivity contribution in [2.24, 2.45) is 0 Å². The molecule has 0 saturated carbocycles. The normalized spacial score (nSPS) is 12.1. The molecule has 0 radical (unpaired) electrons. The number of benzene rings is 3. The third-order valence-corrected chi connectivity index (χ3v) is 5.57. The molecule has 31 heavy (non-hydrogen) atoms. The van der Waals surface area contributed by atoms with E-state index in [4.69, 9.17) is 9.05 Å². The molecule has 2 N–H and O–H groups in total. The fourth-order valence-corrected chi connectivity index (χ4v) is 4.00. The molecule has 1 atom stereocenters. The van der Waals surface area contributed by atoms with E-state index in [0.29, 0.717) is 11.4 Å². The van der Waals surface area contributed by atoms with Crippen molar-refractivity contribution in [3.05, 3.63) is 82.9 Å². The Morgan fingerprint density at radius 3 is 2.42 bits per heavy atom. The molecule has 1 unspecified atom stereocenters. The molecule has 2 heterocycles. The largest absolute Gasteiger partial charge is 0.418 e. The van der Waals surface area contributed by atoms with Crippen LogP contribution in [0.4, 0.5) is 5.69 Å². The van der Waals surface area contributed by atoms with Crippen molar-refractivity contribution in [1.29, 1.82) is 0 Å². The summed E-state index contributed by atoms with van der Waals surface area (Å²) in [5.74, 6) is 0.578. The predicted octanol–water partition coefficient (Wildman–Crippen LogP) is 5.47. The molecule has 0 amide bonds. The summed E-state index contributed by atoms with van der Waals surface area (Å²) in [6.07, 6.45) is 0. The molecular formula is C21H15N4O5P.